The molecule has 0 spiro atoms. The molecular formula is C14H15NO2S. The summed E-state index contributed by atoms with van der Waals surface area (Å²) in [5, 5.41) is 0.835. The van der Waals surface area contributed by atoms with E-state index in [0.717, 1.165) is 16.1 Å². The molecule has 1 aromatic heterocycles. The lowest BCUT2D eigenvalue weighted by Crippen LogP contribution is -1.96. The molecule has 3 nitrogen and oxygen atoms in total. The van der Waals surface area contributed by atoms with Gasteiger partial charge in [0.2, 0.25) is 5.88 Å². The first kappa shape index (κ1) is 12.8. The van der Waals surface area contributed by atoms with Crippen molar-refractivity contribution in [1.82, 2.24) is 4.98 Å². The Morgan fingerprint density at radius 2 is 2.11 bits per heavy atom. The summed E-state index contributed by atoms with van der Waals surface area (Å²) in [6.45, 7) is 3.87. The molecular weight excluding hydrogens is 246 g/mol. The monoisotopic (exact) mass is 261 g/mol. The second-order valence-corrected chi connectivity index (χ2v) is 4.95. The van der Waals surface area contributed by atoms with Crippen LogP contribution >= 0.6 is 11.3 Å². The van der Waals surface area contributed by atoms with E-state index in [9.17, 15) is 4.79 Å². The second kappa shape index (κ2) is 5.31. The number of thiazole rings is 1. The van der Waals surface area contributed by atoms with Crippen LogP contribution in [0, 0.1) is 6.92 Å². The Balaban J connectivity index is 2.51. The third-order valence-corrected chi connectivity index (χ3v) is 3.85. The van der Waals surface area contributed by atoms with Crippen molar-refractivity contribution in [3.05, 3.63) is 34.7 Å². The molecule has 0 radical (unpaired) electrons. The first-order valence-electron chi connectivity index (χ1n) is 5.81. The summed E-state index contributed by atoms with van der Waals surface area (Å²) < 4.78 is 5.19. The van der Waals surface area contributed by atoms with Crippen LogP contribution in [0.5, 0.6) is 5.88 Å². The number of hydrogen-bond donors (Lipinski definition) is 0. The van der Waals surface area contributed by atoms with Crippen LogP contribution in [-0.2, 0) is 0 Å². The predicted molar refractivity (Wildman–Crippen MR) is 73.5 cm³/mol. The van der Waals surface area contributed by atoms with Gasteiger partial charge in [-0.3, -0.25) is 4.79 Å². The number of nitrogens with zero attached hydrogens (tertiary/aromatic N) is 1. The van der Waals surface area contributed by atoms with Gasteiger partial charge in [0.15, 0.2) is 5.78 Å². The van der Waals surface area contributed by atoms with E-state index in [-0.39, 0.29) is 5.78 Å². The number of carbonyl (C=O) groups excluding carboxylic acids is 1. The number of hydrogen-bond acceptors (Lipinski definition) is 4. The van der Waals surface area contributed by atoms with Gasteiger partial charge >= 0.3 is 0 Å². The molecule has 0 bridgehead atoms. The zero-order valence-electron chi connectivity index (χ0n) is 10.7. The maximum atomic E-state index is 11.8. The molecule has 0 saturated carbocycles. The van der Waals surface area contributed by atoms with Crippen LogP contribution < -0.4 is 4.74 Å². The quantitative estimate of drug-likeness (QED) is 0.787. The van der Waals surface area contributed by atoms with Gasteiger partial charge in [-0.25, -0.2) is 4.98 Å². The van der Waals surface area contributed by atoms with Crippen molar-refractivity contribution in [3.63, 3.8) is 0 Å². The zero-order valence-corrected chi connectivity index (χ0v) is 11.5. The summed E-state index contributed by atoms with van der Waals surface area (Å²) >= 11 is 1.40. The van der Waals surface area contributed by atoms with Crippen LogP contribution in [0.4, 0.5) is 0 Å². The summed E-state index contributed by atoms with van der Waals surface area (Å²) in [6.07, 6.45) is 0.464. The molecule has 0 fully saturated rings. The third kappa shape index (κ3) is 2.29. The Labute approximate surface area is 110 Å². The van der Waals surface area contributed by atoms with E-state index in [1.807, 2.05) is 38.1 Å². The number of aromatic nitrogens is 1. The Bertz CT molecular complexity index is 575. The number of carbonyl (C=O) groups is 1. The van der Waals surface area contributed by atoms with E-state index in [1.165, 1.54) is 11.3 Å². The van der Waals surface area contributed by atoms with Crippen molar-refractivity contribution >= 4 is 17.1 Å². The maximum absolute atomic E-state index is 11.8. The van der Waals surface area contributed by atoms with Crippen molar-refractivity contribution < 1.29 is 9.53 Å². The maximum Gasteiger partial charge on any atom is 0.236 e. The van der Waals surface area contributed by atoms with E-state index >= 15 is 0 Å². The zero-order chi connectivity index (χ0) is 13.1. The van der Waals surface area contributed by atoms with Crippen molar-refractivity contribution in [2.45, 2.75) is 20.3 Å². The lowest BCUT2D eigenvalue weighted by atomic mass is 10.1. The van der Waals surface area contributed by atoms with Crippen molar-refractivity contribution in [3.8, 4) is 16.5 Å². The van der Waals surface area contributed by atoms with Crippen LogP contribution in [0.15, 0.2) is 24.3 Å². The molecule has 0 aliphatic rings. The normalized spacial score (nSPS) is 10.4. The Morgan fingerprint density at radius 1 is 1.39 bits per heavy atom. The number of Topliss-reactive ketones (excluding diaryl/α,β-unsaturated/α-hetero) is 1. The lowest BCUT2D eigenvalue weighted by molar-refractivity contribution is 0.0989. The standard InChI is InChI=1S/C14H15NO2S/c1-4-11(16)12-13(17-3)15-14(18-12)10-8-6-5-7-9(10)2/h5-8H,4H2,1-3H3. The van der Waals surface area contributed by atoms with Gasteiger partial charge in [-0.1, -0.05) is 31.2 Å². The second-order valence-electron chi connectivity index (χ2n) is 3.95. The van der Waals surface area contributed by atoms with E-state index in [2.05, 4.69) is 4.98 Å². The van der Waals surface area contributed by atoms with Crippen molar-refractivity contribution in [2.75, 3.05) is 7.11 Å². The third-order valence-electron chi connectivity index (χ3n) is 2.74. The first-order chi connectivity index (χ1) is 8.67. The molecule has 2 aromatic rings. The average molecular weight is 261 g/mol. The largest absolute Gasteiger partial charge is 0.480 e. The van der Waals surface area contributed by atoms with E-state index in [4.69, 9.17) is 4.74 Å². The van der Waals surface area contributed by atoms with Crippen molar-refractivity contribution in [2.24, 2.45) is 0 Å². The number of benzene rings is 1. The number of ether oxygens (including phenoxy) is 1. The predicted octanol–water partition coefficient (Wildman–Crippen LogP) is 3.72. The van der Waals surface area contributed by atoms with E-state index in [1.54, 1.807) is 7.11 Å². The molecule has 0 amide bonds. The van der Waals surface area contributed by atoms with Gasteiger partial charge < -0.3 is 4.74 Å². The SMILES string of the molecule is CCC(=O)c1sc(-c2ccccc2C)nc1OC. The topological polar surface area (TPSA) is 39.2 Å². The van der Waals surface area contributed by atoms with Crippen LogP contribution in [0.3, 0.4) is 0 Å². The van der Waals surface area contributed by atoms with E-state index in [0.29, 0.717) is 17.2 Å². The Hall–Kier alpha value is -1.68. The number of rotatable bonds is 4. The minimum absolute atomic E-state index is 0.0733. The highest BCUT2D eigenvalue weighted by molar-refractivity contribution is 7.17. The smallest absolute Gasteiger partial charge is 0.236 e. The first-order valence-corrected chi connectivity index (χ1v) is 6.63. The number of aryl methyl sites for hydroxylation is 1. The van der Waals surface area contributed by atoms with Gasteiger partial charge in [0, 0.05) is 12.0 Å². The van der Waals surface area contributed by atoms with Gasteiger partial charge in [0.05, 0.1) is 7.11 Å². The molecule has 2 rings (SSSR count). The molecule has 0 atom stereocenters. The number of methoxy groups -OCH3 is 1. The fourth-order valence-corrected chi connectivity index (χ4v) is 2.84. The molecule has 0 saturated heterocycles. The fraction of sp³-hybridized carbons (Fsp3) is 0.286. The van der Waals surface area contributed by atoms with Crippen LogP contribution in [0.2, 0.25) is 0 Å². The Kier molecular flexibility index (Phi) is 3.77. The van der Waals surface area contributed by atoms with Gasteiger partial charge in [-0.15, -0.1) is 11.3 Å². The molecule has 18 heavy (non-hydrogen) atoms. The highest BCUT2D eigenvalue weighted by atomic mass is 32.1. The minimum Gasteiger partial charge on any atom is -0.480 e. The summed E-state index contributed by atoms with van der Waals surface area (Å²) in [5.41, 5.74) is 2.19. The van der Waals surface area contributed by atoms with Crippen LogP contribution in [0.25, 0.3) is 10.6 Å². The average Bonchev–Trinajstić information content (AvgIpc) is 2.82. The van der Waals surface area contributed by atoms with Gasteiger partial charge in [-0.2, -0.15) is 0 Å². The highest BCUT2D eigenvalue weighted by Crippen LogP contribution is 2.34. The summed E-state index contributed by atoms with van der Waals surface area (Å²) in [5.74, 6) is 0.509. The number of ketones is 1. The highest BCUT2D eigenvalue weighted by Gasteiger charge is 2.18. The van der Waals surface area contributed by atoms with Gasteiger partial charge in [0.1, 0.15) is 9.88 Å². The van der Waals surface area contributed by atoms with Crippen LogP contribution in [-0.4, -0.2) is 17.9 Å². The van der Waals surface area contributed by atoms with E-state index < -0.39 is 0 Å². The summed E-state index contributed by atoms with van der Waals surface area (Å²) in [6, 6.07) is 8.00. The van der Waals surface area contributed by atoms with Crippen molar-refractivity contribution in [1.29, 1.82) is 0 Å². The fourth-order valence-electron chi connectivity index (χ4n) is 1.71. The molecule has 1 aromatic carbocycles. The summed E-state index contributed by atoms with van der Waals surface area (Å²) in [4.78, 5) is 16.8. The molecule has 4 heteroatoms. The molecule has 1 heterocycles. The lowest BCUT2D eigenvalue weighted by Gasteiger charge is -1.99. The molecule has 94 valence electrons. The van der Waals surface area contributed by atoms with Gasteiger partial charge in [-0.05, 0) is 12.5 Å². The van der Waals surface area contributed by atoms with Crippen LogP contribution in [0.1, 0.15) is 28.6 Å². The summed E-state index contributed by atoms with van der Waals surface area (Å²) in [7, 11) is 1.54. The molecule has 0 N–H and O–H groups in total. The molecule has 0 aliphatic carbocycles. The molecule has 0 aliphatic heterocycles. The van der Waals surface area contributed by atoms with Gasteiger partial charge in [0.25, 0.3) is 0 Å². The Morgan fingerprint density at radius 3 is 2.72 bits per heavy atom. The molecule has 0 unspecified atom stereocenters. The minimum atomic E-state index is 0.0733.